The van der Waals surface area contributed by atoms with Crippen molar-refractivity contribution >= 4 is 48.8 Å². The van der Waals surface area contributed by atoms with Gasteiger partial charge in [-0.2, -0.15) is 0 Å². The van der Waals surface area contributed by atoms with Crippen molar-refractivity contribution in [2.24, 2.45) is 0 Å². The summed E-state index contributed by atoms with van der Waals surface area (Å²) < 4.78 is 32.8. The second-order valence-corrected chi connectivity index (χ2v) is 11.1. The van der Waals surface area contributed by atoms with Gasteiger partial charge in [0.15, 0.2) is 0 Å². The Morgan fingerprint density at radius 2 is 1.11 bits per heavy atom. The van der Waals surface area contributed by atoms with Crippen LogP contribution < -0.4 is 11.1 Å². The number of aromatic nitrogens is 2. The molecule has 4 nitrogen and oxygen atoms in total. The molecule has 4 rings (SSSR count). The number of hydrogen-bond donors (Lipinski definition) is 0. The number of halogens is 2. The topological polar surface area (TPSA) is 44.0 Å². The number of unbranched alkanes of at least 4 members (excludes halogenated alkanes) is 3. The van der Waals surface area contributed by atoms with Crippen LogP contribution in [0.4, 0.5) is 8.78 Å². The van der Waals surface area contributed by atoms with Crippen molar-refractivity contribution < 1.29 is 8.78 Å². The Bertz CT molecular complexity index is 1150. The predicted molar refractivity (Wildman–Crippen MR) is 109 cm³/mol. The van der Waals surface area contributed by atoms with Crippen LogP contribution in [0.5, 0.6) is 0 Å². The van der Waals surface area contributed by atoms with Crippen LogP contribution in [-0.4, -0.2) is 36.6 Å². The fraction of sp³-hybridized carbons (Fsp3) is 0.300. The molecule has 28 heavy (non-hydrogen) atoms. The molecule has 0 saturated heterocycles. The summed E-state index contributed by atoms with van der Waals surface area (Å²) in [6, 6.07) is 9.62. The van der Waals surface area contributed by atoms with E-state index < -0.39 is 11.6 Å². The summed E-state index contributed by atoms with van der Waals surface area (Å²) in [6.07, 6.45) is 3.60. The van der Waals surface area contributed by atoms with Gasteiger partial charge in [-0.15, -0.1) is 0 Å². The number of aryl methyl sites for hydroxylation is 2. The molecular formula is C20H18F2N2O2Se2. The fourth-order valence-corrected chi connectivity index (χ4v) is 7.70. The molecule has 0 saturated carbocycles. The minimum absolute atomic E-state index is 0.144. The van der Waals surface area contributed by atoms with Crippen molar-refractivity contribution in [1.82, 2.24) is 7.12 Å². The monoisotopic (exact) mass is 516 g/mol. The number of hydrogen-bond acceptors (Lipinski definition) is 2. The van der Waals surface area contributed by atoms with Crippen LogP contribution in [-0.2, 0) is 13.1 Å². The third-order valence-corrected chi connectivity index (χ3v) is 9.36. The van der Waals surface area contributed by atoms with E-state index in [1.165, 1.54) is 12.1 Å². The second kappa shape index (κ2) is 8.34. The Morgan fingerprint density at radius 1 is 0.679 bits per heavy atom. The van der Waals surface area contributed by atoms with Gasteiger partial charge < -0.3 is 0 Å². The van der Waals surface area contributed by atoms with Gasteiger partial charge >= 0.3 is 172 Å². The second-order valence-electron chi connectivity index (χ2n) is 6.64. The van der Waals surface area contributed by atoms with E-state index in [1.54, 1.807) is 19.3 Å². The zero-order chi connectivity index (χ0) is 19.7. The standard InChI is InChI=1S/C20H18F2N2O2Se2/c21-13-7-5-9-15-17(13)19(25)23(27-15)11-3-1-2-4-12-24-20(26)18-14(22)8-6-10-16(18)28-24/h5-10H,1-4,11-12H2. The molecule has 0 N–H and O–H groups in total. The van der Waals surface area contributed by atoms with Gasteiger partial charge in [0.2, 0.25) is 0 Å². The SMILES string of the molecule is O=c1c2c(F)cccc2[se]n1CCCCCCn1[se]c2cccc(F)c2c1=O. The summed E-state index contributed by atoms with van der Waals surface area (Å²) >= 11 is -0.288. The molecule has 0 unspecified atom stereocenters. The van der Waals surface area contributed by atoms with Crippen LogP contribution in [0.15, 0.2) is 46.0 Å². The maximum absolute atomic E-state index is 13.8. The van der Waals surface area contributed by atoms with Gasteiger partial charge in [-0.25, -0.2) is 0 Å². The van der Waals surface area contributed by atoms with Crippen LogP contribution in [0.25, 0.3) is 19.3 Å². The number of rotatable bonds is 7. The molecule has 0 bridgehead atoms. The third-order valence-electron chi connectivity index (χ3n) is 4.72. The molecule has 8 heteroatoms. The van der Waals surface area contributed by atoms with Gasteiger partial charge in [0.1, 0.15) is 0 Å². The summed E-state index contributed by atoms with van der Waals surface area (Å²) in [5.74, 6) is -0.858. The Hall–Kier alpha value is -1.72. The van der Waals surface area contributed by atoms with Gasteiger partial charge in [-0.1, -0.05) is 0 Å². The van der Waals surface area contributed by atoms with E-state index in [2.05, 4.69) is 0 Å². The first kappa shape index (κ1) is 19.6. The van der Waals surface area contributed by atoms with Crippen LogP contribution in [0.2, 0.25) is 0 Å². The zero-order valence-corrected chi connectivity index (χ0v) is 18.4. The fourth-order valence-electron chi connectivity index (χ4n) is 3.30. The third kappa shape index (κ3) is 3.74. The molecule has 0 fully saturated rings. The first-order valence-corrected chi connectivity index (χ1v) is 12.4. The van der Waals surface area contributed by atoms with E-state index in [4.69, 9.17) is 0 Å². The van der Waals surface area contributed by atoms with Crippen molar-refractivity contribution in [2.75, 3.05) is 0 Å². The number of nitrogens with zero attached hydrogens (tertiary/aromatic N) is 2. The van der Waals surface area contributed by atoms with E-state index >= 15 is 0 Å². The molecule has 0 amide bonds. The Kier molecular flexibility index (Phi) is 5.83. The molecule has 0 aliphatic heterocycles. The summed E-state index contributed by atoms with van der Waals surface area (Å²) in [5, 5.41) is 0.480. The number of benzene rings is 2. The normalized spacial score (nSPS) is 11.6. The van der Waals surface area contributed by atoms with Gasteiger partial charge in [0.05, 0.1) is 0 Å². The Labute approximate surface area is 172 Å². The van der Waals surface area contributed by atoms with Crippen molar-refractivity contribution in [3.63, 3.8) is 0 Å². The molecule has 2 aromatic carbocycles. The zero-order valence-electron chi connectivity index (χ0n) is 15.0. The molecule has 0 atom stereocenters. The molecular weight excluding hydrogens is 496 g/mol. The molecule has 0 spiro atoms. The summed E-state index contributed by atoms with van der Waals surface area (Å²) in [7, 11) is 0. The molecule has 0 aliphatic carbocycles. The molecule has 4 aromatic rings. The van der Waals surface area contributed by atoms with E-state index in [0.29, 0.717) is 13.1 Å². The minimum atomic E-state index is -0.429. The number of fused-ring (bicyclic) bond motifs is 2. The van der Waals surface area contributed by atoms with Crippen molar-refractivity contribution in [1.29, 1.82) is 0 Å². The van der Waals surface area contributed by atoms with Gasteiger partial charge in [0.25, 0.3) is 0 Å². The van der Waals surface area contributed by atoms with Gasteiger partial charge in [-0.3, -0.25) is 0 Å². The average molecular weight is 514 g/mol. The first-order chi connectivity index (χ1) is 13.6. The van der Waals surface area contributed by atoms with Crippen molar-refractivity contribution in [3.8, 4) is 0 Å². The van der Waals surface area contributed by atoms with E-state index in [9.17, 15) is 18.4 Å². The van der Waals surface area contributed by atoms with E-state index in [-0.39, 0.29) is 51.4 Å². The van der Waals surface area contributed by atoms with Crippen LogP contribution in [0.1, 0.15) is 25.7 Å². The summed E-state index contributed by atoms with van der Waals surface area (Å²) in [4.78, 5) is 24.6. The quantitative estimate of drug-likeness (QED) is 0.281. The van der Waals surface area contributed by atoms with Crippen LogP contribution >= 0.6 is 0 Å². The predicted octanol–water partition coefficient (Wildman–Crippen LogP) is 2.97. The average Bonchev–Trinajstić information content (AvgIpc) is 3.17. The molecule has 0 aliphatic rings. The van der Waals surface area contributed by atoms with E-state index in [1.807, 2.05) is 12.1 Å². The first-order valence-electron chi connectivity index (χ1n) is 9.13. The maximum atomic E-state index is 13.8. The van der Waals surface area contributed by atoms with Gasteiger partial charge in [-0.05, 0) is 0 Å². The summed E-state index contributed by atoms with van der Waals surface area (Å²) in [5.41, 5.74) is -0.392. The van der Waals surface area contributed by atoms with Crippen LogP contribution in [0.3, 0.4) is 0 Å². The molecule has 146 valence electrons. The summed E-state index contributed by atoms with van der Waals surface area (Å²) in [6.45, 7) is 1.27. The Balaban J connectivity index is 1.30. The van der Waals surface area contributed by atoms with Gasteiger partial charge in [0, 0.05) is 0 Å². The van der Waals surface area contributed by atoms with Crippen molar-refractivity contribution in [2.45, 2.75) is 38.8 Å². The molecule has 2 aromatic heterocycles. The Morgan fingerprint density at radius 3 is 1.50 bits per heavy atom. The van der Waals surface area contributed by atoms with Crippen molar-refractivity contribution in [3.05, 3.63) is 68.7 Å². The molecule has 2 heterocycles. The van der Waals surface area contributed by atoms with Crippen LogP contribution in [0, 0.1) is 11.6 Å². The molecule has 0 radical (unpaired) electrons. The van der Waals surface area contributed by atoms with E-state index in [0.717, 1.165) is 34.2 Å².